The maximum atomic E-state index is 13.8. The number of benzene rings is 2. The number of imidazole rings is 1. The van der Waals surface area contributed by atoms with Gasteiger partial charge in [0, 0.05) is 7.05 Å². The summed E-state index contributed by atoms with van der Waals surface area (Å²) in [5, 5.41) is 9.17. The minimum atomic E-state index is -0.289. The first-order chi connectivity index (χ1) is 9.20. The van der Waals surface area contributed by atoms with Gasteiger partial charge in [0.15, 0.2) is 0 Å². The fraction of sp³-hybridized carbons (Fsp3) is 0.133. The highest BCUT2D eigenvalue weighted by molar-refractivity contribution is 5.81. The Morgan fingerprint density at radius 1 is 1.21 bits per heavy atom. The van der Waals surface area contributed by atoms with Crippen LogP contribution in [0.15, 0.2) is 42.5 Å². The molecule has 2 aromatic carbocycles. The van der Waals surface area contributed by atoms with E-state index >= 15 is 0 Å². The van der Waals surface area contributed by atoms with E-state index in [1.165, 1.54) is 6.07 Å². The number of rotatable bonds is 2. The molecule has 4 heteroatoms. The van der Waals surface area contributed by atoms with Crippen LogP contribution in [0.1, 0.15) is 5.56 Å². The number of halogens is 1. The van der Waals surface area contributed by atoms with Crippen LogP contribution in [0.4, 0.5) is 4.39 Å². The molecule has 3 rings (SSSR count). The van der Waals surface area contributed by atoms with Crippen LogP contribution in [0.3, 0.4) is 0 Å². The van der Waals surface area contributed by atoms with Gasteiger partial charge in [0.1, 0.15) is 11.6 Å². The van der Waals surface area contributed by atoms with Gasteiger partial charge in [0.05, 0.1) is 23.2 Å². The van der Waals surface area contributed by atoms with Crippen molar-refractivity contribution in [3.8, 4) is 11.4 Å². The molecule has 0 unspecified atom stereocenters. The molecule has 0 aliphatic rings. The van der Waals surface area contributed by atoms with E-state index < -0.39 is 0 Å². The van der Waals surface area contributed by atoms with Crippen LogP contribution in [0.5, 0.6) is 0 Å². The van der Waals surface area contributed by atoms with Gasteiger partial charge in [-0.3, -0.25) is 0 Å². The Morgan fingerprint density at radius 2 is 2.00 bits per heavy atom. The number of aliphatic hydroxyl groups is 1. The second-order valence-corrected chi connectivity index (χ2v) is 4.46. The van der Waals surface area contributed by atoms with Crippen molar-refractivity contribution in [2.45, 2.75) is 6.61 Å². The smallest absolute Gasteiger partial charge is 0.143 e. The van der Waals surface area contributed by atoms with E-state index in [4.69, 9.17) is 5.11 Å². The maximum Gasteiger partial charge on any atom is 0.143 e. The quantitative estimate of drug-likeness (QED) is 0.765. The summed E-state index contributed by atoms with van der Waals surface area (Å²) in [6.07, 6.45) is 0. The van der Waals surface area contributed by atoms with Crippen LogP contribution >= 0.6 is 0 Å². The average Bonchev–Trinajstić information content (AvgIpc) is 2.76. The summed E-state index contributed by atoms with van der Waals surface area (Å²) in [6, 6.07) is 12.1. The first-order valence-corrected chi connectivity index (χ1v) is 6.02. The van der Waals surface area contributed by atoms with E-state index in [1.807, 2.05) is 29.8 Å². The molecule has 96 valence electrons. The molecule has 19 heavy (non-hydrogen) atoms. The van der Waals surface area contributed by atoms with Crippen LogP contribution < -0.4 is 0 Å². The lowest BCUT2D eigenvalue weighted by molar-refractivity contribution is 0.282. The third-order valence-electron chi connectivity index (χ3n) is 3.24. The Kier molecular flexibility index (Phi) is 2.80. The lowest BCUT2D eigenvalue weighted by atomic mass is 10.2. The Bertz CT molecular complexity index is 749. The Balaban J connectivity index is 2.26. The summed E-state index contributed by atoms with van der Waals surface area (Å²) in [5.74, 6) is 0.298. The molecule has 0 saturated carbocycles. The number of aryl methyl sites for hydroxylation is 1. The molecule has 3 aromatic rings. The first kappa shape index (κ1) is 11.9. The molecule has 0 amide bonds. The maximum absolute atomic E-state index is 13.8. The van der Waals surface area contributed by atoms with Crippen molar-refractivity contribution < 1.29 is 9.50 Å². The SMILES string of the molecule is Cn1c(-c2ccccc2F)nc2ccc(CO)cc21. The van der Waals surface area contributed by atoms with Crippen LogP contribution in [-0.2, 0) is 13.7 Å². The molecular formula is C15H13FN2O. The third-order valence-corrected chi connectivity index (χ3v) is 3.24. The van der Waals surface area contributed by atoms with E-state index in [0.29, 0.717) is 11.4 Å². The van der Waals surface area contributed by atoms with Crippen molar-refractivity contribution in [3.63, 3.8) is 0 Å². The minimum absolute atomic E-state index is 0.0177. The fourth-order valence-corrected chi connectivity index (χ4v) is 2.22. The molecule has 0 atom stereocenters. The van der Waals surface area contributed by atoms with Crippen molar-refractivity contribution in [3.05, 3.63) is 53.8 Å². The fourth-order valence-electron chi connectivity index (χ4n) is 2.22. The molecular weight excluding hydrogens is 243 g/mol. The molecule has 0 spiro atoms. The molecule has 0 fully saturated rings. The van der Waals surface area contributed by atoms with Gasteiger partial charge in [-0.05, 0) is 29.8 Å². The van der Waals surface area contributed by atoms with Gasteiger partial charge in [-0.2, -0.15) is 0 Å². The van der Waals surface area contributed by atoms with Gasteiger partial charge in [-0.1, -0.05) is 18.2 Å². The molecule has 1 aromatic heterocycles. The van der Waals surface area contributed by atoms with E-state index in [2.05, 4.69) is 4.98 Å². The Labute approximate surface area is 109 Å². The molecule has 0 bridgehead atoms. The van der Waals surface area contributed by atoms with Gasteiger partial charge >= 0.3 is 0 Å². The molecule has 0 aliphatic heterocycles. The van der Waals surface area contributed by atoms with Crippen molar-refractivity contribution in [1.82, 2.24) is 9.55 Å². The van der Waals surface area contributed by atoms with Gasteiger partial charge < -0.3 is 9.67 Å². The van der Waals surface area contributed by atoms with Crippen LogP contribution in [0.2, 0.25) is 0 Å². The zero-order valence-corrected chi connectivity index (χ0v) is 10.5. The van der Waals surface area contributed by atoms with Crippen molar-refractivity contribution in [2.75, 3.05) is 0 Å². The highest BCUT2D eigenvalue weighted by Crippen LogP contribution is 2.26. The van der Waals surface area contributed by atoms with Crippen molar-refractivity contribution >= 4 is 11.0 Å². The summed E-state index contributed by atoms with van der Waals surface area (Å²) < 4.78 is 15.7. The Morgan fingerprint density at radius 3 is 2.74 bits per heavy atom. The first-order valence-electron chi connectivity index (χ1n) is 6.02. The van der Waals surface area contributed by atoms with Crippen molar-refractivity contribution in [1.29, 1.82) is 0 Å². The van der Waals surface area contributed by atoms with Crippen LogP contribution in [0, 0.1) is 5.82 Å². The number of hydrogen-bond donors (Lipinski definition) is 1. The number of aromatic nitrogens is 2. The van der Waals surface area contributed by atoms with E-state index in [1.54, 1.807) is 18.2 Å². The molecule has 1 N–H and O–H groups in total. The highest BCUT2D eigenvalue weighted by Gasteiger charge is 2.13. The average molecular weight is 256 g/mol. The monoisotopic (exact) mass is 256 g/mol. The van der Waals surface area contributed by atoms with E-state index in [0.717, 1.165) is 16.6 Å². The van der Waals surface area contributed by atoms with Gasteiger partial charge in [0.25, 0.3) is 0 Å². The predicted octanol–water partition coefficient (Wildman–Crippen LogP) is 2.87. The Hall–Kier alpha value is -2.20. The van der Waals surface area contributed by atoms with E-state index in [-0.39, 0.29) is 12.4 Å². The second kappa shape index (κ2) is 4.48. The molecule has 1 heterocycles. The van der Waals surface area contributed by atoms with Crippen LogP contribution in [0.25, 0.3) is 22.4 Å². The third kappa shape index (κ3) is 1.90. The van der Waals surface area contributed by atoms with Gasteiger partial charge in [0.2, 0.25) is 0 Å². The number of nitrogens with zero attached hydrogens (tertiary/aromatic N) is 2. The van der Waals surface area contributed by atoms with Crippen molar-refractivity contribution in [2.24, 2.45) is 7.05 Å². The minimum Gasteiger partial charge on any atom is -0.392 e. The summed E-state index contributed by atoms with van der Waals surface area (Å²) >= 11 is 0. The standard InChI is InChI=1S/C15H13FN2O/c1-18-14-8-10(9-19)6-7-13(14)17-15(18)11-4-2-3-5-12(11)16/h2-8,19H,9H2,1H3. The number of fused-ring (bicyclic) bond motifs is 1. The van der Waals surface area contributed by atoms with Gasteiger partial charge in [-0.25, -0.2) is 9.37 Å². The number of hydrogen-bond acceptors (Lipinski definition) is 2. The summed E-state index contributed by atoms with van der Waals surface area (Å²) in [7, 11) is 1.85. The van der Waals surface area contributed by atoms with E-state index in [9.17, 15) is 4.39 Å². The molecule has 3 nitrogen and oxygen atoms in total. The second-order valence-electron chi connectivity index (χ2n) is 4.46. The molecule has 0 saturated heterocycles. The topological polar surface area (TPSA) is 38.0 Å². The highest BCUT2D eigenvalue weighted by atomic mass is 19.1. The summed E-state index contributed by atoms with van der Waals surface area (Å²) in [5.41, 5.74) is 2.96. The molecule has 0 radical (unpaired) electrons. The largest absolute Gasteiger partial charge is 0.392 e. The zero-order chi connectivity index (χ0) is 13.4. The normalized spacial score (nSPS) is 11.1. The predicted molar refractivity (Wildman–Crippen MR) is 72.0 cm³/mol. The van der Waals surface area contributed by atoms with Crippen LogP contribution in [-0.4, -0.2) is 14.7 Å². The summed E-state index contributed by atoms with van der Waals surface area (Å²) in [6.45, 7) is -0.0177. The molecule has 0 aliphatic carbocycles. The lowest BCUT2D eigenvalue weighted by Crippen LogP contribution is -1.95. The summed E-state index contributed by atoms with van der Waals surface area (Å²) in [4.78, 5) is 4.46. The zero-order valence-electron chi connectivity index (χ0n) is 10.5. The lowest BCUT2D eigenvalue weighted by Gasteiger charge is -2.03. The van der Waals surface area contributed by atoms with Gasteiger partial charge in [-0.15, -0.1) is 0 Å². The number of aliphatic hydroxyl groups excluding tert-OH is 1.